The lowest BCUT2D eigenvalue weighted by molar-refractivity contribution is -0.165. The molecule has 0 heterocycles. The predicted molar refractivity (Wildman–Crippen MR) is 66.7 cm³/mol. The number of rotatable bonds is 5. The number of carbonyl (C=O) groups is 1. The topological polar surface area (TPSA) is 81.1 Å². The van der Waals surface area contributed by atoms with E-state index in [4.69, 9.17) is 5.21 Å². The summed E-state index contributed by atoms with van der Waals surface area (Å²) in [6.45, 7) is 6.33. The molecule has 2 N–H and O–H groups in total. The zero-order valence-electron chi connectivity index (χ0n) is 11.3. The van der Waals surface area contributed by atoms with Gasteiger partial charge in [0.1, 0.15) is 13.0 Å². The molecular weight excluding hydrogens is 243 g/mol. The van der Waals surface area contributed by atoms with Crippen molar-refractivity contribution >= 4 is 13.0 Å². The molecule has 0 saturated carbocycles. The lowest BCUT2D eigenvalue weighted by atomic mass is 10.2. The van der Waals surface area contributed by atoms with E-state index in [1.165, 1.54) is 20.4 Å². The predicted octanol–water partition coefficient (Wildman–Crippen LogP) is 0.484. The molecule has 0 saturated heterocycles. The smallest absolute Gasteiger partial charge is 0.262 e. The highest BCUT2D eigenvalue weighted by molar-refractivity contribution is 7.62. The van der Waals surface area contributed by atoms with Crippen molar-refractivity contribution in [3.05, 3.63) is 0 Å². The van der Waals surface area contributed by atoms with Crippen molar-refractivity contribution < 1.29 is 19.7 Å². The minimum atomic E-state index is -2.63. The van der Waals surface area contributed by atoms with Crippen LogP contribution in [-0.4, -0.2) is 71.5 Å². The fraction of sp³-hybridized carbons (Fsp3) is 0.900. The lowest BCUT2D eigenvalue weighted by Gasteiger charge is -2.34. The van der Waals surface area contributed by atoms with E-state index in [1.807, 2.05) is 0 Å². The number of nitrogens with zero attached hydrogens (tertiary/aromatic N) is 2. The van der Waals surface area contributed by atoms with Crippen molar-refractivity contribution in [1.82, 2.24) is 9.96 Å². The third kappa shape index (κ3) is 4.39. The van der Waals surface area contributed by atoms with Gasteiger partial charge in [0.2, 0.25) is 0 Å². The molecule has 17 heavy (non-hydrogen) atoms. The Morgan fingerprint density at radius 2 is 1.65 bits per heavy atom. The summed E-state index contributed by atoms with van der Waals surface area (Å²) in [5.41, 5.74) is 0. The molecule has 0 fully saturated rings. The van der Waals surface area contributed by atoms with Crippen LogP contribution in [-0.2, 0) is 9.36 Å². The van der Waals surface area contributed by atoms with Crippen LogP contribution in [0.5, 0.6) is 0 Å². The number of carbonyl (C=O) groups excluding carboxylic acids is 1. The summed E-state index contributed by atoms with van der Waals surface area (Å²) in [6.07, 6.45) is 0. The van der Waals surface area contributed by atoms with Gasteiger partial charge in [-0.05, 0) is 34.2 Å². The molecule has 0 radical (unpaired) electrons. The maximum absolute atomic E-state index is 11.8. The Balaban J connectivity index is 4.77. The molecule has 0 bridgehead atoms. The number of amides is 1. The van der Waals surface area contributed by atoms with Crippen molar-refractivity contribution in [3.63, 3.8) is 0 Å². The average molecular weight is 266 g/mol. The Kier molecular flexibility index (Phi) is 5.81. The Morgan fingerprint density at radius 1 is 1.24 bits per heavy atom. The highest BCUT2D eigenvalue weighted by atomic mass is 31.2. The van der Waals surface area contributed by atoms with E-state index in [9.17, 15) is 14.5 Å². The van der Waals surface area contributed by atoms with Crippen LogP contribution in [0.1, 0.15) is 13.8 Å². The van der Waals surface area contributed by atoms with Gasteiger partial charge in [0.15, 0.2) is 0 Å². The number of hydrogen-bond donors (Lipinski definition) is 2. The van der Waals surface area contributed by atoms with Gasteiger partial charge in [-0.3, -0.25) is 14.9 Å². The van der Waals surface area contributed by atoms with E-state index < -0.39 is 31.0 Å². The molecule has 0 aliphatic rings. The third-order valence-corrected chi connectivity index (χ3v) is 4.70. The van der Waals surface area contributed by atoms with E-state index >= 15 is 0 Å². The van der Waals surface area contributed by atoms with Gasteiger partial charge in [0, 0.05) is 13.1 Å². The van der Waals surface area contributed by atoms with Gasteiger partial charge in [-0.1, -0.05) is 0 Å². The van der Waals surface area contributed by atoms with Gasteiger partial charge in [-0.15, -0.1) is 0 Å². The van der Waals surface area contributed by atoms with E-state index in [1.54, 1.807) is 25.8 Å². The molecule has 0 aromatic rings. The molecule has 0 spiro atoms. The van der Waals surface area contributed by atoms with Gasteiger partial charge >= 0.3 is 0 Å². The van der Waals surface area contributed by atoms with Crippen LogP contribution in [0.25, 0.3) is 0 Å². The maximum Gasteiger partial charge on any atom is 0.262 e. The molecule has 3 unspecified atom stereocenters. The van der Waals surface area contributed by atoms with Crippen molar-refractivity contribution in [2.45, 2.75) is 31.8 Å². The van der Waals surface area contributed by atoms with Crippen LogP contribution in [0.2, 0.25) is 0 Å². The third-order valence-electron chi connectivity index (χ3n) is 3.00. The molecule has 0 rings (SSSR count). The van der Waals surface area contributed by atoms with Crippen molar-refractivity contribution in [2.75, 3.05) is 27.4 Å². The van der Waals surface area contributed by atoms with E-state index in [2.05, 4.69) is 0 Å². The molecule has 1 amide bonds. The molecular formula is C10H23N2O4P. The Hall–Kier alpha value is -0.420. The molecule has 6 nitrogen and oxygen atoms in total. The van der Waals surface area contributed by atoms with E-state index in [-0.39, 0.29) is 0 Å². The molecule has 102 valence electrons. The normalized spacial score (nSPS) is 17.7. The second-order valence-electron chi connectivity index (χ2n) is 4.79. The standard InChI is InChI=1S/C10H23N2O4P/c1-7(9(13)12(4)15)11(3)8(2)10(14)17(5,6)16/h7-8,10,14-15H,1-6H3. The van der Waals surface area contributed by atoms with Gasteiger partial charge in [0.25, 0.3) is 5.91 Å². The summed E-state index contributed by atoms with van der Waals surface area (Å²) < 4.78 is 11.8. The number of hydrogen-bond acceptors (Lipinski definition) is 5. The van der Waals surface area contributed by atoms with Crippen molar-refractivity contribution in [1.29, 1.82) is 0 Å². The fourth-order valence-corrected chi connectivity index (χ4v) is 2.78. The Bertz CT molecular complexity index is 315. The zero-order chi connectivity index (χ0) is 14.0. The first kappa shape index (κ1) is 16.6. The van der Waals surface area contributed by atoms with Crippen molar-refractivity contribution in [2.24, 2.45) is 0 Å². The molecule has 0 aliphatic heterocycles. The number of aliphatic hydroxyl groups is 1. The van der Waals surface area contributed by atoms with Crippen LogP contribution in [0.4, 0.5) is 0 Å². The molecule has 3 atom stereocenters. The fourth-order valence-electron chi connectivity index (χ4n) is 1.53. The number of aliphatic hydroxyl groups excluding tert-OH is 1. The second-order valence-corrected chi connectivity index (χ2v) is 8.19. The van der Waals surface area contributed by atoms with Crippen LogP contribution in [0.3, 0.4) is 0 Å². The maximum atomic E-state index is 11.8. The van der Waals surface area contributed by atoms with Gasteiger partial charge in [0.05, 0.1) is 6.04 Å². The van der Waals surface area contributed by atoms with Crippen molar-refractivity contribution in [3.8, 4) is 0 Å². The largest absolute Gasteiger partial charge is 0.384 e. The minimum Gasteiger partial charge on any atom is -0.384 e. The number of likely N-dealkylation sites (N-methyl/N-ethyl adjacent to an activating group) is 2. The second kappa shape index (κ2) is 5.96. The van der Waals surface area contributed by atoms with Crippen LogP contribution in [0, 0.1) is 0 Å². The minimum absolute atomic E-state index is 0.435. The average Bonchev–Trinajstić information content (AvgIpc) is 2.22. The first-order valence-electron chi connectivity index (χ1n) is 5.41. The van der Waals surface area contributed by atoms with Gasteiger partial charge < -0.3 is 9.67 Å². The van der Waals surface area contributed by atoms with Crippen LogP contribution < -0.4 is 0 Å². The first-order valence-corrected chi connectivity index (χ1v) is 8.08. The quantitative estimate of drug-likeness (QED) is 0.430. The summed E-state index contributed by atoms with van der Waals surface area (Å²) in [5, 5.41) is 19.5. The zero-order valence-corrected chi connectivity index (χ0v) is 12.2. The first-order chi connectivity index (χ1) is 7.50. The van der Waals surface area contributed by atoms with E-state index in [0.29, 0.717) is 5.06 Å². The molecule has 0 aromatic heterocycles. The van der Waals surface area contributed by atoms with Crippen LogP contribution >= 0.6 is 7.14 Å². The summed E-state index contributed by atoms with van der Waals surface area (Å²) in [7, 11) is 0.263. The van der Waals surface area contributed by atoms with Gasteiger partial charge in [-0.25, -0.2) is 5.06 Å². The molecule has 0 aliphatic carbocycles. The summed E-state index contributed by atoms with van der Waals surface area (Å²) in [5.74, 6) is -1.47. The van der Waals surface area contributed by atoms with Crippen LogP contribution in [0.15, 0.2) is 0 Å². The highest BCUT2D eigenvalue weighted by Gasteiger charge is 2.33. The van der Waals surface area contributed by atoms with E-state index in [0.717, 1.165) is 0 Å². The lowest BCUT2D eigenvalue weighted by Crippen LogP contribution is -2.50. The SMILES string of the molecule is CC(C(=O)N(C)O)N(C)C(C)C(O)P(C)(C)=O. The molecule has 7 heteroatoms. The Labute approximate surface area is 103 Å². The molecule has 0 aromatic carbocycles. The number of hydroxylamine groups is 2. The van der Waals surface area contributed by atoms with Gasteiger partial charge in [-0.2, -0.15) is 0 Å². The summed E-state index contributed by atoms with van der Waals surface area (Å²) >= 11 is 0. The summed E-state index contributed by atoms with van der Waals surface area (Å²) in [6, 6.07) is -1.03. The summed E-state index contributed by atoms with van der Waals surface area (Å²) in [4.78, 5) is 13.1. The Morgan fingerprint density at radius 3 is 1.94 bits per heavy atom. The highest BCUT2D eigenvalue weighted by Crippen LogP contribution is 2.43. The monoisotopic (exact) mass is 266 g/mol.